The minimum atomic E-state index is -0.884. The lowest BCUT2D eigenvalue weighted by atomic mass is 9.90. The summed E-state index contributed by atoms with van der Waals surface area (Å²) in [4.78, 5) is 26.6. The van der Waals surface area contributed by atoms with Gasteiger partial charge < -0.3 is 15.4 Å². The summed E-state index contributed by atoms with van der Waals surface area (Å²) < 4.78 is 5.65. The quantitative estimate of drug-likeness (QED) is 0.795. The van der Waals surface area contributed by atoms with Gasteiger partial charge in [0.25, 0.3) is 0 Å². The van der Waals surface area contributed by atoms with Gasteiger partial charge in [-0.1, -0.05) is 41.9 Å². The van der Waals surface area contributed by atoms with E-state index in [4.69, 9.17) is 22.1 Å². The highest BCUT2D eigenvalue weighted by Gasteiger charge is 2.49. The second kappa shape index (κ2) is 7.99. The van der Waals surface area contributed by atoms with E-state index < -0.39 is 17.7 Å². The summed E-state index contributed by atoms with van der Waals surface area (Å²) in [6.45, 7) is 0.746. The van der Waals surface area contributed by atoms with Crippen molar-refractivity contribution in [2.24, 2.45) is 5.73 Å². The van der Waals surface area contributed by atoms with Crippen molar-refractivity contribution in [3.63, 3.8) is 0 Å². The largest absolute Gasteiger partial charge is 0.436 e. The van der Waals surface area contributed by atoms with E-state index in [9.17, 15) is 9.59 Å². The third kappa shape index (κ3) is 3.81. The van der Waals surface area contributed by atoms with Gasteiger partial charge in [-0.15, -0.1) is 12.4 Å². The predicted molar refractivity (Wildman–Crippen MR) is 110 cm³/mol. The molecule has 1 fully saturated rings. The molecule has 1 spiro atoms. The van der Waals surface area contributed by atoms with Crippen LogP contribution in [0.25, 0.3) is 0 Å². The van der Waals surface area contributed by atoms with Gasteiger partial charge in [0, 0.05) is 23.6 Å². The van der Waals surface area contributed by atoms with E-state index in [1.807, 2.05) is 30.3 Å². The second-order valence-corrected chi connectivity index (χ2v) is 7.44. The average molecular weight is 422 g/mol. The summed E-state index contributed by atoms with van der Waals surface area (Å²) >= 11 is 6.15. The Bertz CT molecular complexity index is 894. The molecule has 2 aliphatic heterocycles. The summed E-state index contributed by atoms with van der Waals surface area (Å²) in [6, 6.07) is 14.3. The minimum Gasteiger partial charge on any atom is -0.436 e. The van der Waals surface area contributed by atoms with Gasteiger partial charge >= 0.3 is 6.09 Å². The van der Waals surface area contributed by atoms with Crippen LogP contribution in [0.2, 0.25) is 5.02 Å². The zero-order valence-corrected chi connectivity index (χ0v) is 16.6. The Hall–Kier alpha value is -2.28. The summed E-state index contributed by atoms with van der Waals surface area (Å²) in [5, 5.41) is 3.24. The standard InChI is InChI=1S/C20H20ClN3O3.ClH/c21-14-6-7-17-15(11-14)20(27-19(26)23-17)8-9-24(12-20)18(25)16(22)10-13-4-2-1-3-5-13;/h1-7,11,16H,8-10,12,22H2,(H,23,26);1H/t16-,20?;/m0./s1. The molecule has 148 valence electrons. The maximum atomic E-state index is 12.9. The van der Waals surface area contributed by atoms with E-state index >= 15 is 0 Å². The van der Waals surface area contributed by atoms with Crippen LogP contribution in [0.3, 0.4) is 0 Å². The molecule has 28 heavy (non-hydrogen) atoms. The van der Waals surface area contributed by atoms with Crippen molar-refractivity contribution >= 4 is 41.7 Å². The zero-order chi connectivity index (χ0) is 19.0. The number of nitrogens with one attached hydrogen (secondary N) is 1. The van der Waals surface area contributed by atoms with Crippen molar-refractivity contribution in [3.05, 3.63) is 64.7 Å². The smallest absolute Gasteiger partial charge is 0.412 e. The predicted octanol–water partition coefficient (Wildman–Crippen LogP) is 3.32. The van der Waals surface area contributed by atoms with E-state index in [1.165, 1.54) is 0 Å². The van der Waals surface area contributed by atoms with Crippen molar-refractivity contribution in [2.45, 2.75) is 24.5 Å². The van der Waals surface area contributed by atoms with Crippen LogP contribution in [0, 0.1) is 0 Å². The highest BCUT2D eigenvalue weighted by molar-refractivity contribution is 6.30. The number of nitrogens with two attached hydrogens (primary N) is 1. The lowest BCUT2D eigenvalue weighted by Gasteiger charge is -2.35. The number of fused-ring (bicyclic) bond motifs is 2. The Morgan fingerprint density at radius 2 is 2.04 bits per heavy atom. The number of anilines is 1. The molecule has 2 atom stereocenters. The zero-order valence-electron chi connectivity index (χ0n) is 15.1. The summed E-state index contributed by atoms with van der Waals surface area (Å²) in [6.07, 6.45) is 0.456. The van der Waals surface area contributed by atoms with E-state index in [0.717, 1.165) is 11.1 Å². The molecule has 0 saturated carbocycles. The Morgan fingerprint density at radius 1 is 1.29 bits per heavy atom. The van der Waals surface area contributed by atoms with Gasteiger partial charge in [-0.05, 0) is 30.2 Å². The first-order chi connectivity index (χ1) is 13.0. The van der Waals surface area contributed by atoms with E-state index in [1.54, 1.807) is 23.1 Å². The van der Waals surface area contributed by atoms with Gasteiger partial charge in [-0.2, -0.15) is 0 Å². The first kappa shape index (κ1) is 20.5. The van der Waals surface area contributed by atoms with Crippen LogP contribution in [-0.4, -0.2) is 36.0 Å². The maximum absolute atomic E-state index is 12.9. The van der Waals surface area contributed by atoms with Crippen LogP contribution in [-0.2, 0) is 21.6 Å². The van der Waals surface area contributed by atoms with Crippen LogP contribution >= 0.6 is 24.0 Å². The van der Waals surface area contributed by atoms with Gasteiger partial charge in [0.1, 0.15) is 0 Å². The molecule has 0 aromatic heterocycles. The first-order valence-corrected chi connectivity index (χ1v) is 9.23. The second-order valence-electron chi connectivity index (χ2n) is 7.00. The van der Waals surface area contributed by atoms with Crippen molar-refractivity contribution < 1.29 is 14.3 Å². The highest BCUT2D eigenvalue weighted by atomic mass is 35.5. The molecule has 3 N–H and O–H groups in total. The number of amides is 2. The van der Waals surface area contributed by atoms with Crippen LogP contribution in [0.1, 0.15) is 17.5 Å². The van der Waals surface area contributed by atoms with Crippen LogP contribution < -0.4 is 11.1 Å². The number of carbonyl (C=O) groups is 2. The molecule has 0 aliphatic carbocycles. The van der Waals surface area contributed by atoms with Gasteiger partial charge in [0.05, 0.1) is 18.3 Å². The topological polar surface area (TPSA) is 84.7 Å². The first-order valence-electron chi connectivity index (χ1n) is 8.85. The minimum absolute atomic E-state index is 0. The monoisotopic (exact) mass is 421 g/mol. The van der Waals surface area contributed by atoms with Crippen molar-refractivity contribution in [2.75, 3.05) is 18.4 Å². The van der Waals surface area contributed by atoms with Gasteiger partial charge in [0.2, 0.25) is 5.91 Å². The average Bonchev–Trinajstić information content (AvgIpc) is 3.07. The normalized spacial score (nSPS) is 21.4. The molecule has 1 saturated heterocycles. The van der Waals surface area contributed by atoms with Gasteiger partial charge in [-0.3, -0.25) is 10.1 Å². The fraction of sp³-hybridized carbons (Fsp3) is 0.300. The maximum Gasteiger partial charge on any atom is 0.412 e. The fourth-order valence-corrected chi connectivity index (χ4v) is 4.01. The number of nitrogens with zero attached hydrogens (tertiary/aromatic N) is 1. The van der Waals surface area contributed by atoms with Crippen molar-refractivity contribution in [3.8, 4) is 0 Å². The molecule has 0 bridgehead atoms. The molecule has 4 rings (SSSR count). The van der Waals surface area contributed by atoms with Crippen molar-refractivity contribution in [1.29, 1.82) is 0 Å². The molecular formula is C20H21Cl2N3O3. The van der Waals surface area contributed by atoms with E-state index in [2.05, 4.69) is 5.32 Å². The third-order valence-electron chi connectivity index (χ3n) is 5.16. The molecule has 6 nitrogen and oxygen atoms in total. The molecule has 0 radical (unpaired) electrons. The molecule has 2 amide bonds. The molecule has 2 aliphatic rings. The summed E-state index contributed by atoms with van der Waals surface area (Å²) in [7, 11) is 0. The lowest BCUT2D eigenvalue weighted by molar-refractivity contribution is -0.132. The highest BCUT2D eigenvalue weighted by Crippen LogP contribution is 2.43. The number of rotatable bonds is 3. The number of likely N-dealkylation sites (tertiary alicyclic amines) is 1. The molecule has 2 aromatic rings. The third-order valence-corrected chi connectivity index (χ3v) is 5.39. The number of halogens is 2. The van der Waals surface area contributed by atoms with Gasteiger partial charge in [-0.25, -0.2) is 4.79 Å². The number of hydrogen-bond donors (Lipinski definition) is 2. The fourth-order valence-electron chi connectivity index (χ4n) is 3.83. The number of carbonyl (C=O) groups excluding carboxylic acids is 2. The van der Waals surface area contributed by atoms with Crippen LogP contribution in [0.4, 0.5) is 10.5 Å². The Labute approximate surface area is 174 Å². The Balaban J connectivity index is 0.00000225. The molecular weight excluding hydrogens is 401 g/mol. The Morgan fingerprint density at radius 3 is 2.79 bits per heavy atom. The number of ether oxygens (including phenoxy) is 1. The van der Waals surface area contributed by atoms with Crippen molar-refractivity contribution in [1.82, 2.24) is 4.90 Å². The Kier molecular flexibility index (Phi) is 5.84. The molecule has 2 aromatic carbocycles. The van der Waals surface area contributed by atoms with E-state index in [0.29, 0.717) is 30.1 Å². The molecule has 2 heterocycles. The van der Waals surface area contributed by atoms with Gasteiger partial charge in [0.15, 0.2) is 5.60 Å². The van der Waals surface area contributed by atoms with Crippen LogP contribution in [0.5, 0.6) is 0 Å². The number of hydrogen-bond acceptors (Lipinski definition) is 4. The molecule has 1 unspecified atom stereocenters. The lowest BCUT2D eigenvalue weighted by Crippen LogP contribution is -2.47. The summed E-state index contributed by atoms with van der Waals surface area (Å²) in [5.74, 6) is -0.145. The summed E-state index contributed by atoms with van der Waals surface area (Å²) in [5.41, 5.74) is 7.75. The number of benzene rings is 2. The van der Waals surface area contributed by atoms with Crippen LogP contribution in [0.15, 0.2) is 48.5 Å². The van der Waals surface area contributed by atoms with E-state index in [-0.39, 0.29) is 24.9 Å². The SMILES string of the molecule is Cl.N[C@@H](Cc1ccccc1)C(=O)N1CCC2(C1)OC(=O)Nc1ccc(Cl)cc12. The molecule has 8 heteroatoms.